The molecule has 0 saturated heterocycles. The van der Waals surface area contributed by atoms with Gasteiger partial charge in [-0.2, -0.15) is 0 Å². The van der Waals surface area contributed by atoms with Crippen molar-refractivity contribution >= 4 is 27.7 Å². The number of carbonyl (C=O) groups excluding carboxylic acids is 1. The maximum absolute atomic E-state index is 11.8. The number of nitrogens with one attached hydrogen (secondary N) is 1. The standard InChI is InChI=1S/C14H13BrN2O2/c1-9-5-13(16-8-12(9)15)17-14(19)7-10-3-2-4-11(18)6-10/h2-6,8,18H,7H2,1H3,(H,16,17,19). The highest BCUT2D eigenvalue weighted by Crippen LogP contribution is 2.17. The predicted octanol–water partition coefficient (Wildman–Crippen LogP) is 3.04. The van der Waals surface area contributed by atoms with Crippen LogP contribution in [-0.4, -0.2) is 16.0 Å². The van der Waals surface area contributed by atoms with Crippen molar-refractivity contribution in [3.05, 3.63) is 52.1 Å². The van der Waals surface area contributed by atoms with E-state index in [0.717, 1.165) is 15.6 Å². The molecule has 2 N–H and O–H groups in total. The lowest BCUT2D eigenvalue weighted by molar-refractivity contribution is -0.115. The van der Waals surface area contributed by atoms with E-state index in [1.165, 1.54) is 0 Å². The number of nitrogens with zero attached hydrogens (tertiary/aromatic N) is 1. The first-order chi connectivity index (χ1) is 9.04. The third kappa shape index (κ3) is 3.79. The fraction of sp³-hybridized carbons (Fsp3) is 0.143. The Morgan fingerprint density at radius 3 is 2.89 bits per heavy atom. The molecule has 0 radical (unpaired) electrons. The molecule has 1 aromatic carbocycles. The number of amides is 1. The predicted molar refractivity (Wildman–Crippen MR) is 77.1 cm³/mol. The second-order valence-electron chi connectivity index (χ2n) is 4.21. The van der Waals surface area contributed by atoms with Crippen LogP contribution in [0.15, 0.2) is 41.0 Å². The van der Waals surface area contributed by atoms with Crippen molar-refractivity contribution in [2.45, 2.75) is 13.3 Å². The second-order valence-corrected chi connectivity index (χ2v) is 5.07. The Hall–Kier alpha value is -1.88. The number of benzene rings is 1. The lowest BCUT2D eigenvalue weighted by Gasteiger charge is -2.06. The summed E-state index contributed by atoms with van der Waals surface area (Å²) in [5, 5.41) is 12.1. The van der Waals surface area contributed by atoms with Crippen LogP contribution in [0.4, 0.5) is 5.82 Å². The zero-order chi connectivity index (χ0) is 13.8. The molecule has 0 aliphatic heterocycles. The van der Waals surface area contributed by atoms with Gasteiger partial charge in [-0.1, -0.05) is 12.1 Å². The van der Waals surface area contributed by atoms with Crippen molar-refractivity contribution in [3.8, 4) is 5.75 Å². The summed E-state index contributed by atoms with van der Waals surface area (Å²) in [6.07, 6.45) is 1.85. The monoisotopic (exact) mass is 320 g/mol. The normalized spacial score (nSPS) is 10.2. The molecule has 0 atom stereocenters. The fourth-order valence-electron chi connectivity index (χ4n) is 1.65. The van der Waals surface area contributed by atoms with Crippen molar-refractivity contribution in [2.24, 2.45) is 0 Å². The number of phenols is 1. The summed E-state index contributed by atoms with van der Waals surface area (Å²) in [6.45, 7) is 1.93. The van der Waals surface area contributed by atoms with Gasteiger partial charge in [0.05, 0.1) is 6.42 Å². The molecule has 5 heteroatoms. The third-order valence-corrected chi connectivity index (χ3v) is 3.42. The van der Waals surface area contributed by atoms with Crippen LogP contribution >= 0.6 is 15.9 Å². The first-order valence-electron chi connectivity index (χ1n) is 5.74. The van der Waals surface area contributed by atoms with E-state index in [2.05, 4.69) is 26.2 Å². The van der Waals surface area contributed by atoms with E-state index in [-0.39, 0.29) is 18.1 Å². The van der Waals surface area contributed by atoms with Gasteiger partial charge in [-0.25, -0.2) is 4.98 Å². The minimum absolute atomic E-state index is 0.155. The highest BCUT2D eigenvalue weighted by molar-refractivity contribution is 9.10. The average Bonchev–Trinajstić information content (AvgIpc) is 2.34. The highest BCUT2D eigenvalue weighted by Gasteiger charge is 2.06. The first-order valence-corrected chi connectivity index (χ1v) is 6.54. The van der Waals surface area contributed by atoms with Crippen LogP contribution < -0.4 is 5.32 Å². The summed E-state index contributed by atoms with van der Waals surface area (Å²) >= 11 is 3.35. The van der Waals surface area contributed by atoms with Gasteiger partial charge >= 0.3 is 0 Å². The van der Waals surface area contributed by atoms with Crippen LogP contribution in [0.25, 0.3) is 0 Å². The van der Waals surface area contributed by atoms with Gasteiger partial charge in [-0.3, -0.25) is 4.79 Å². The van der Waals surface area contributed by atoms with Crippen molar-refractivity contribution in [1.29, 1.82) is 0 Å². The van der Waals surface area contributed by atoms with E-state index < -0.39 is 0 Å². The van der Waals surface area contributed by atoms with Gasteiger partial charge < -0.3 is 10.4 Å². The molecule has 0 saturated carbocycles. The molecule has 2 rings (SSSR count). The smallest absolute Gasteiger partial charge is 0.229 e. The largest absolute Gasteiger partial charge is 0.508 e. The summed E-state index contributed by atoms with van der Waals surface area (Å²) in [7, 11) is 0. The van der Waals surface area contributed by atoms with E-state index >= 15 is 0 Å². The van der Waals surface area contributed by atoms with Gasteiger partial charge in [-0.05, 0) is 52.2 Å². The number of aromatic nitrogens is 1. The van der Waals surface area contributed by atoms with Gasteiger partial charge in [0.25, 0.3) is 0 Å². The molecule has 0 aliphatic rings. The molecular weight excluding hydrogens is 308 g/mol. The Morgan fingerprint density at radius 2 is 2.21 bits per heavy atom. The van der Waals surface area contributed by atoms with E-state index in [1.54, 1.807) is 36.5 Å². The number of hydrogen-bond acceptors (Lipinski definition) is 3. The molecule has 4 nitrogen and oxygen atoms in total. The first kappa shape index (κ1) is 13.5. The number of hydrogen-bond donors (Lipinski definition) is 2. The molecule has 0 fully saturated rings. The summed E-state index contributed by atoms with van der Waals surface area (Å²) < 4.78 is 0.901. The molecule has 0 aliphatic carbocycles. The van der Waals surface area contributed by atoms with Crippen LogP contribution in [0.2, 0.25) is 0 Å². The molecule has 98 valence electrons. The van der Waals surface area contributed by atoms with Crippen LogP contribution in [0, 0.1) is 6.92 Å². The minimum atomic E-state index is -0.167. The van der Waals surface area contributed by atoms with Gasteiger partial charge in [0.2, 0.25) is 5.91 Å². The molecular formula is C14H13BrN2O2. The Kier molecular flexibility index (Phi) is 4.16. The van der Waals surface area contributed by atoms with E-state index in [9.17, 15) is 9.90 Å². The van der Waals surface area contributed by atoms with Crippen LogP contribution in [-0.2, 0) is 11.2 Å². The number of phenolic OH excluding ortho intramolecular Hbond substituents is 1. The Labute approximate surface area is 119 Å². The topological polar surface area (TPSA) is 62.2 Å². The van der Waals surface area contributed by atoms with E-state index in [0.29, 0.717) is 5.82 Å². The molecule has 19 heavy (non-hydrogen) atoms. The summed E-state index contributed by atoms with van der Waals surface area (Å²) in [5.74, 6) is 0.508. The Balaban J connectivity index is 2.03. The zero-order valence-electron chi connectivity index (χ0n) is 10.4. The van der Waals surface area contributed by atoms with Gasteiger partial charge in [0.1, 0.15) is 11.6 Å². The molecule has 1 amide bonds. The fourth-order valence-corrected chi connectivity index (χ4v) is 1.86. The lowest BCUT2D eigenvalue weighted by atomic mass is 10.1. The zero-order valence-corrected chi connectivity index (χ0v) is 11.9. The van der Waals surface area contributed by atoms with E-state index in [1.807, 2.05) is 6.92 Å². The number of halogens is 1. The number of pyridine rings is 1. The minimum Gasteiger partial charge on any atom is -0.508 e. The molecule has 1 aromatic heterocycles. The third-order valence-electron chi connectivity index (χ3n) is 2.59. The molecule has 0 unspecified atom stereocenters. The quantitative estimate of drug-likeness (QED) is 0.913. The molecule has 2 aromatic rings. The highest BCUT2D eigenvalue weighted by atomic mass is 79.9. The van der Waals surface area contributed by atoms with Crippen LogP contribution in [0.5, 0.6) is 5.75 Å². The Bertz CT molecular complexity index is 614. The van der Waals surface area contributed by atoms with Crippen LogP contribution in [0.3, 0.4) is 0 Å². The molecule has 0 bridgehead atoms. The maximum Gasteiger partial charge on any atom is 0.229 e. The SMILES string of the molecule is Cc1cc(NC(=O)Cc2cccc(O)c2)ncc1Br. The summed E-state index contributed by atoms with van der Waals surface area (Å²) in [6, 6.07) is 8.44. The van der Waals surface area contributed by atoms with Gasteiger partial charge in [0, 0.05) is 10.7 Å². The lowest BCUT2D eigenvalue weighted by Crippen LogP contribution is -2.15. The second kappa shape index (κ2) is 5.84. The number of anilines is 1. The molecule has 1 heterocycles. The van der Waals surface area contributed by atoms with Crippen molar-refractivity contribution in [1.82, 2.24) is 4.98 Å². The number of aryl methyl sites for hydroxylation is 1. The summed E-state index contributed by atoms with van der Waals surface area (Å²) in [4.78, 5) is 16.0. The maximum atomic E-state index is 11.8. The number of aromatic hydroxyl groups is 1. The van der Waals surface area contributed by atoms with Crippen LogP contribution in [0.1, 0.15) is 11.1 Å². The van der Waals surface area contributed by atoms with Crippen molar-refractivity contribution in [2.75, 3.05) is 5.32 Å². The molecule has 0 spiro atoms. The van der Waals surface area contributed by atoms with Crippen molar-refractivity contribution in [3.63, 3.8) is 0 Å². The number of rotatable bonds is 3. The van der Waals surface area contributed by atoms with E-state index in [4.69, 9.17) is 0 Å². The number of carbonyl (C=O) groups is 1. The average molecular weight is 321 g/mol. The summed E-state index contributed by atoms with van der Waals surface area (Å²) in [5.41, 5.74) is 1.76. The van der Waals surface area contributed by atoms with Gasteiger partial charge in [0.15, 0.2) is 0 Å². The van der Waals surface area contributed by atoms with Crippen molar-refractivity contribution < 1.29 is 9.90 Å². The van der Waals surface area contributed by atoms with Gasteiger partial charge in [-0.15, -0.1) is 0 Å². The Morgan fingerprint density at radius 1 is 1.42 bits per heavy atom.